The molecule has 5 aromatic rings. The van der Waals surface area contributed by atoms with Crippen molar-refractivity contribution >= 4 is 17.6 Å². The fourth-order valence-corrected chi connectivity index (χ4v) is 3.92. The van der Waals surface area contributed by atoms with Crippen molar-refractivity contribution in [3.63, 3.8) is 0 Å². The molecule has 0 radical (unpaired) electrons. The number of methoxy groups -OCH3 is 1. The van der Waals surface area contributed by atoms with Crippen molar-refractivity contribution in [2.75, 3.05) is 12.8 Å². The van der Waals surface area contributed by atoms with Gasteiger partial charge < -0.3 is 14.9 Å². The number of hydrogen-bond donors (Lipinski definition) is 1. The van der Waals surface area contributed by atoms with Gasteiger partial charge in [0.05, 0.1) is 24.9 Å². The molecule has 2 N–H and O–H groups in total. The molecule has 0 aliphatic heterocycles. The lowest BCUT2D eigenvalue weighted by Gasteiger charge is -2.13. The third-order valence-corrected chi connectivity index (χ3v) is 5.58. The van der Waals surface area contributed by atoms with Gasteiger partial charge in [-0.15, -0.1) is 5.10 Å². The average molecular weight is 471 g/mol. The lowest BCUT2D eigenvalue weighted by molar-refractivity contribution is 0.0594. The van der Waals surface area contributed by atoms with E-state index in [1.807, 2.05) is 30.3 Å². The van der Waals surface area contributed by atoms with Crippen LogP contribution >= 0.6 is 0 Å². The number of oxazole rings is 1. The largest absolute Gasteiger partial charge is 0.464 e. The van der Waals surface area contributed by atoms with Crippen LogP contribution in [0.15, 0.2) is 58.1 Å². The third kappa shape index (κ3) is 3.82. The molecule has 0 amide bonds. The van der Waals surface area contributed by atoms with Gasteiger partial charge in [-0.1, -0.05) is 30.3 Å². The predicted molar refractivity (Wildman–Crippen MR) is 127 cm³/mol. The van der Waals surface area contributed by atoms with Crippen LogP contribution in [0.3, 0.4) is 0 Å². The van der Waals surface area contributed by atoms with E-state index in [1.165, 1.54) is 22.6 Å². The first kappa shape index (κ1) is 22.0. The Kier molecular flexibility index (Phi) is 5.36. The number of aromatic nitrogens is 6. The Morgan fingerprint density at radius 1 is 1.11 bits per heavy atom. The minimum atomic E-state index is -0.583. The van der Waals surface area contributed by atoms with Crippen LogP contribution in [0.1, 0.15) is 27.6 Å². The second-order valence-electron chi connectivity index (χ2n) is 7.89. The van der Waals surface area contributed by atoms with Gasteiger partial charge in [0.1, 0.15) is 17.1 Å². The highest BCUT2D eigenvalue weighted by Gasteiger charge is 2.23. The Labute approximate surface area is 198 Å². The summed E-state index contributed by atoms with van der Waals surface area (Å²) in [5.74, 6) is -0.0208. The van der Waals surface area contributed by atoms with Gasteiger partial charge in [0.25, 0.3) is 0 Å². The lowest BCUT2D eigenvalue weighted by Crippen LogP contribution is -2.24. The maximum absolute atomic E-state index is 13.3. The first-order valence-corrected chi connectivity index (χ1v) is 10.7. The summed E-state index contributed by atoms with van der Waals surface area (Å²) < 4.78 is 12.6. The summed E-state index contributed by atoms with van der Waals surface area (Å²) >= 11 is 0. The number of nitrogens with two attached hydrogens (primary N) is 1. The SMILES string of the molecule is COC(=O)c1cc(-c2c(-c3ccccc3)nc(N)n3c(=O)n(Cc4ncoc4C)nc23)cc(C)n1. The molecular weight excluding hydrogens is 450 g/mol. The van der Waals surface area contributed by atoms with Gasteiger partial charge >= 0.3 is 11.7 Å². The number of benzene rings is 1. The fourth-order valence-electron chi connectivity index (χ4n) is 3.92. The molecular formula is C24H21N7O4. The number of carbonyl (C=O) groups is 1. The zero-order valence-electron chi connectivity index (χ0n) is 19.2. The van der Waals surface area contributed by atoms with Crippen LogP contribution in [0, 0.1) is 13.8 Å². The van der Waals surface area contributed by atoms with Crippen LogP contribution in [0.4, 0.5) is 5.95 Å². The van der Waals surface area contributed by atoms with E-state index in [4.69, 9.17) is 14.9 Å². The molecule has 0 aliphatic rings. The van der Waals surface area contributed by atoms with Gasteiger partial charge in [0.15, 0.2) is 12.0 Å². The number of nitrogen functional groups attached to an aromatic ring is 1. The van der Waals surface area contributed by atoms with E-state index in [0.29, 0.717) is 34.0 Å². The number of carbonyl (C=O) groups excluding carboxylic acids is 1. The average Bonchev–Trinajstić information content (AvgIpc) is 3.41. The van der Waals surface area contributed by atoms with Crippen LogP contribution in [-0.4, -0.2) is 42.2 Å². The molecule has 5 rings (SSSR count). The molecule has 11 heteroatoms. The van der Waals surface area contributed by atoms with Crippen molar-refractivity contribution in [2.24, 2.45) is 0 Å². The standard InChI is InChI=1S/C24H21N7O4/c1-13-9-16(10-17(27-13)22(32)34-3)19-20(15-7-5-4-6-8-15)28-23(25)31-21(19)29-30(24(31)33)11-18-14(2)35-12-26-18/h4-10,12H,11H2,1-3H3,(H2,25,28). The molecule has 0 saturated carbocycles. The van der Waals surface area contributed by atoms with Gasteiger partial charge in [0, 0.05) is 11.3 Å². The van der Waals surface area contributed by atoms with Crippen LogP contribution in [0.25, 0.3) is 28.0 Å². The summed E-state index contributed by atoms with van der Waals surface area (Å²) in [6, 6.07) is 12.8. The number of ether oxygens (including phenoxy) is 1. The molecule has 4 heterocycles. The van der Waals surface area contributed by atoms with E-state index >= 15 is 0 Å². The predicted octanol–water partition coefficient (Wildman–Crippen LogP) is 2.64. The van der Waals surface area contributed by atoms with E-state index in [9.17, 15) is 9.59 Å². The molecule has 1 aromatic carbocycles. The molecule has 0 spiro atoms. The fraction of sp³-hybridized carbons (Fsp3) is 0.167. The summed E-state index contributed by atoms with van der Waals surface area (Å²) in [5, 5.41) is 4.60. The summed E-state index contributed by atoms with van der Waals surface area (Å²) in [7, 11) is 1.29. The van der Waals surface area contributed by atoms with E-state index in [2.05, 4.69) is 20.1 Å². The van der Waals surface area contributed by atoms with Crippen LogP contribution in [0.2, 0.25) is 0 Å². The molecule has 4 aromatic heterocycles. The van der Waals surface area contributed by atoms with Gasteiger partial charge in [-0.3, -0.25) is 0 Å². The molecule has 176 valence electrons. The number of rotatable bonds is 5. The first-order chi connectivity index (χ1) is 16.9. The third-order valence-electron chi connectivity index (χ3n) is 5.58. The normalized spacial score (nSPS) is 11.2. The van der Waals surface area contributed by atoms with E-state index in [0.717, 1.165) is 5.56 Å². The van der Waals surface area contributed by atoms with Crippen molar-refractivity contribution < 1.29 is 13.9 Å². The Bertz CT molecular complexity index is 1630. The van der Waals surface area contributed by atoms with Gasteiger partial charge in [-0.2, -0.15) is 0 Å². The summed E-state index contributed by atoms with van der Waals surface area (Å²) in [6.45, 7) is 3.61. The van der Waals surface area contributed by atoms with Crippen molar-refractivity contribution in [1.82, 2.24) is 29.1 Å². The molecule has 0 unspecified atom stereocenters. The number of anilines is 1. The Hall–Kier alpha value is -4.80. The number of hydrogen-bond acceptors (Lipinski definition) is 9. The number of aryl methyl sites for hydroxylation is 2. The van der Waals surface area contributed by atoms with E-state index in [1.54, 1.807) is 26.0 Å². The first-order valence-electron chi connectivity index (χ1n) is 10.7. The highest BCUT2D eigenvalue weighted by Crippen LogP contribution is 2.35. The summed E-state index contributed by atoms with van der Waals surface area (Å²) in [6.07, 6.45) is 1.31. The number of esters is 1. The van der Waals surface area contributed by atoms with Crippen LogP contribution < -0.4 is 11.4 Å². The molecule has 35 heavy (non-hydrogen) atoms. The summed E-state index contributed by atoms with van der Waals surface area (Å²) in [5.41, 5.74) is 9.72. The molecule has 0 saturated heterocycles. The van der Waals surface area contributed by atoms with Crippen molar-refractivity contribution in [3.8, 4) is 22.4 Å². The number of fused-ring (bicyclic) bond motifs is 1. The second-order valence-corrected chi connectivity index (χ2v) is 7.89. The number of pyridine rings is 1. The van der Waals surface area contributed by atoms with E-state index in [-0.39, 0.29) is 23.8 Å². The number of nitrogens with zero attached hydrogens (tertiary/aromatic N) is 6. The van der Waals surface area contributed by atoms with Crippen molar-refractivity contribution in [3.05, 3.63) is 82.2 Å². The van der Waals surface area contributed by atoms with Crippen molar-refractivity contribution in [2.45, 2.75) is 20.4 Å². The Morgan fingerprint density at radius 3 is 2.57 bits per heavy atom. The van der Waals surface area contributed by atoms with Crippen LogP contribution in [-0.2, 0) is 11.3 Å². The molecule has 0 atom stereocenters. The highest BCUT2D eigenvalue weighted by atomic mass is 16.5. The lowest BCUT2D eigenvalue weighted by atomic mass is 9.99. The smallest absolute Gasteiger partial charge is 0.356 e. The van der Waals surface area contributed by atoms with E-state index < -0.39 is 11.7 Å². The van der Waals surface area contributed by atoms with Gasteiger partial charge in [-0.25, -0.2) is 33.6 Å². The zero-order chi connectivity index (χ0) is 24.7. The minimum Gasteiger partial charge on any atom is -0.464 e. The molecule has 0 fully saturated rings. The highest BCUT2D eigenvalue weighted by molar-refractivity contribution is 5.94. The quantitative estimate of drug-likeness (QED) is 0.383. The summed E-state index contributed by atoms with van der Waals surface area (Å²) in [4.78, 5) is 38.6. The van der Waals surface area contributed by atoms with Crippen LogP contribution in [0.5, 0.6) is 0 Å². The minimum absolute atomic E-state index is 0.0188. The zero-order valence-corrected chi connectivity index (χ0v) is 19.2. The van der Waals surface area contributed by atoms with Gasteiger partial charge in [0.2, 0.25) is 5.95 Å². The maximum Gasteiger partial charge on any atom is 0.356 e. The molecule has 0 aliphatic carbocycles. The van der Waals surface area contributed by atoms with Gasteiger partial charge in [-0.05, 0) is 31.5 Å². The Morgan fingerprint density at radius 2 is 1.89 bits per heavy atom. The monoisotopic (exact) mass is 471 g/mol. The Balaban J connectivity index is 1.84. The second kappa shape index (κ2) is 8.52. The molecule has 0 bridgehead atoms. The topological polar surface area (TPSA) is 143 Å². The maximum atomic E-state index is 13.3. The molecule has 11 nitrogen and oxygen atoms in total. The van der Waals surface area contributed by atoms with Crippen molar-refractivity contribution in [1.29, 1.82) is 0 Å².